The first-order valence-corrected chi connectivity index (χ1v) is 4.91. The van der Waals surface area contributed by atoms with E-state index in [2.05, 4.69) is 0 Å². The lowest BCUT2D eigenvalue weighted by molar-refractivity contribution is 0.156. The molecular formula is C12H14F2. The highest BCUT2D eigenvalue weighted by Gasteiger charge is 2.56. The molecule has 0 spiro atoms. The van der Waals surface area contributed by atoms with Gasteiger partial charge < -0.3 is 0 Å². The average molecular weight is 196 g/mol. The molecule has 14 heavy (non-hydrogen) atoms. The highest BCUT2D eigenvalue weighted by Crippen LogP contribution is 2.57. The number of benzene rings is 1. The SMILES string of the molecule is CC(C)(F)C1(c2cccc(F)c2)CC1. The Morgan fingerprint density at radius 3 is 2.36 bits per heavy atom. The Labute approximate surface area is 82.9 Å². The molecular weight excluding hydrogens is 182 g/mol. The normalized spacial score (nSPS) is 19.4. The molecule has 1 fully saturated rings. The second-order valence-corrected chi connectivity index (χ2v) is 4.56. The van der Waals surface area contributed by atoms with Crippen LogP contribution in [0.4, 0.5) is 8.78 Å². The van der Waals surface area contributed by atoms with Crippen molar-refractivity contribution in [3.63, 3.8) is 0 Å². The second-order valence-electron chi connectivity index (χ2n) is 4.56. The molecule has 0 unspecified atom stereocenters. The first-order valence-electron chi connectivity index (χ1n) is 4.91. The maximum Gasteiger partial charge on any atom is 0.123 e. The lowest BCUT2D eigenvalue weighted by atomic mass is 9.82. The summed E-state index contributed by atoms with van der Waals surface area (Å²) in [4.78, 5) is 0. The Balaban J connectivity index is 2.41. The quantitative estimate of drug-likeness (QED) is 0.677. The van der Waals surface area contributed by atoms with Crippen LogP contribution in [-0.2, 0) is 5.41 Å². The van der Waals surface area contributed by atoms with Crippen LogP contribution in [0.1, 0.15) is 32.3 Å². The van der Waals surface area contributed by atoms with Crippen LogP contribution in [0, 0.1) is 5.82 Å². The van der Waals surface area contributed by atoms with Gasteiger partial charge in [0.25, 0.3) is 0 Å². The van der Waals surface area contributed by atoms with Gasteiger partial charge in [-0.25, -0.2) is 8.78 Å². The van der Waals surface area contributed by atoms with Crippen LogP contribution in [0.3, 0.4) is 0 Å². The van der Waals surface area contributed by atoms with Gasteiger partial charge in [0, 0.05) is 5.41 Å². The molecule has 1 aliphatic carbocycles. The predicted octanol–water partition coefficient (Wildman–Crippen LogP) is 3.61. The number of hydrogen-bond donors (Lipinski definition) is 0. The van der Waals surface area contributed by atoms with Crippen LogP contribution in [-0.4, -0.2) is 5.67 Å². The maximum absolute atomic E-state index is 13.9. The van der Waals surface area contributed by atoms with Crippen LogP contribution < -0.4 is 0 Å². The number of rotatable bonds is 2. The van der Waals surface area contributed by atoms with E-state index >= 15 is 0 Å². The van der Waals surface area contributed by atoms with Crippen LogP contribution in [0.25, 0.3) is 0 Å². The molecule has 1 aromatic carbocycles. The minimum absolute atomic E-state index is 0.280. The summed E-state index contributed by atoms with van der Waals surface area (Å²) in [6.45, 7) is 3.15. The molecule has 0 amide bonds. The summed E-state index contributed by atoms with van der Waals surface area (Å²) in [7, 11) is 0. The molecule has 0 saturated heterocycles. The average Bonchev–Trinajstić information content (AvgIpc) is 2.82. The summed E-state index contributed by atoms with van der Waals surface area (Å²) in [5.41, 5.74) is -0.902. The summed E-state index contributed by atoms with van der Waals surface area (Å²) in [6.07, 6.45) is 1.64. The van der Waals surface area contributed by atoms with Gasteiger partial charge in [-0.2, -0.15) is 0 Å². The van der Waals surface area contributed by atoms with E-state index in [1.54, 1.807) is 19.9 Å². The predicted molar refractivity (Wildman–Crippen MR) is 52.5 cm³/mol. The van der Waals surface area contributed by atoms with Gasteiger partial charge >= 0.3 is 0 Å². The van der Waals surface area contributed by atoms with Gasteiger partial charge in [0.05, 0.1) is 0 Å². The Morgan fingerprint density at radius 2 is 1.93 bits per heavy atom. The van der Waals surface area contributed by atoms with Crippen LogP contribution in [0.5, 0.6) is 0 Å². The first-order chi connectivity index (χ1) is 6.46. The van der Waals surface area contributed by atoms with Crippen molar-refractivity contribution < 1.29 is 8.78 Å². The van der Waals surface area contributed by atoms with E-state index in [0.29, 0.717) is 0 Å². The molecule has 0 nitrogen and oxygen atoms in total. The molecule has 2 heteroatoms. The van der Waals surface area contributed by atoms with Crippen LogP contribution in [0.2, 0.25) is 0 Å². The smallest absolute Gasteiger partial charge is 0.123 e. The van der Waals surface area contributed by atoms with Gasteiger partial charge in [0.2, 0.25) is 0 Å². The molecule has 0 radical (unpaired) electrons. The third kappa shape index (κ3) is 1.33. The Kier molecular flexibility index (Phi) is 1.91. The zero-order chi connectivity index (χ0) is 10.4. The van der Waals surface area contributed by atoms with E-state index in [4.69, 9.17) is 0 Å². The molecule has 0 aliphatic heterocycles. The van der Waals surface area contributed by atoms with Gasteiger partial charge in [-0.1, -0.05) is 12.1 Å². The second kappa shape index (κ2) is 2.78. The van der Waals surface area contributed by atoms with Gasteiger partial charge in [-0.15, -0.1) is 0 Å². The van der Waals surface area contributed by atoms with Gasteiger partial charge in [-0.05, 0) is 44.4 Å². The van der Waals surface area contributed by atoms with Crippen molar-refractivity contribution in [1.29, 1.82) is 0 Å². The van der Waals surface area contributed by atoms with Crippen molar-refractivity contribution >= 4 is 0 Å². The maximum atomic E-state index is 13.9. The lowest BCUT2D eigenvalue weighted by Gasteiger charge is -2.27. The van der Waals surface area contributed by atoms with Crippen LogP contribution in [0.15, 0.2) is 24.3 Å². The van der Waals surface area contributed by atoms with Crippen molar-refractivity contribution in [2.45, 2.75) is 37.8 Å². The van der Waals surface area contributed by atoms with E-state index < -0.39 is 11.1 Å². The van der Waals surface area contributed by atoms with Gasteiger partial charge in [-0.3, -0.25) is 0 Å². The van der Waals surface area contributed by atoms with E-state index in [1.807, 2.05) is 6.07 Å². The fourth-order valence-corrected chi connectivity index (χ4v) is 2.14. The van der Waals surface area contributed by atoms with Gasteiger partial charge in [0.1, 0.15) is 11.5 Å². The fraction of sp³-hybridized carbons (Fsp3) is 0.500. The minimum atomic E-state index is -1.26. The van der Waals surface area contributed by atoms with Crippen molar-refractivity contribution in [3.05, 3.63) is 35.6 Å². The molecule has 1 aliphatic rings. The number of halogens is 2. The van der Waals surface area contributed by atoms with Gasteiger partial charge in [0.15, 0.2) is 0 Å². The monoisotopic (exact) mass is 196 g/mol. The Morgan fingerprint density at radius 1 is 1.29 bits per heavy atom. The summed E-state index contributed by atoms with van der Waals surface area (Å²) in [5.74, 6) is -0.280. The molecule has 0 atom stereocenters. The molecule has 0 bridgehead atoms. The Bertz CT molecular complexity index is 346. The molecule has 1 aromatic rings. The third-order valence-corrected chi connectivity index (χ3v) is 3.27. The van der Waals surface area contributed by atoms with Crippen molar-refractivity contribution in [2.24, 2.45) is 0 Å². The van der Waals surface area contributed by atoms with E-state index in [-0.39, 0.29) is 5.82 Å². The molecule has 0 N–H and O–H groups in total. The minimum Gasteiger partial charge on any atom is -0.244 e. The van der Waals surface area contributed by atoms with E-state index in [9.17, 15) is 8.78 Å². The summed E-state index contributed by atoms with van der Waals surface area (Å²) >= 11 is 0. The van der Waals surface area contributed by atoms with E-state index in [1.165, 1.54) is 12.1 Å². The number of alkyl halides is 1. The molecule has 0 heterocycles. The molecule has 0 aromatic heterocycles. The molecule has 76 valence electrons. The summed E-state index contributed by atoms with van der Waals surface area (Å²) < 4.78 is 26.9. The topological polar surface area (TPSA) is 0 Å². The Hall–Kier alpha value is -0.920. The third-order valence-electron chi connectivity index (χ3n) is 3.27. The first kappa shape index (κ1) is 9.63. The zero-order valence-electron chi connectivity index (χ0n) is 8.48. The van der Waals surface area contributed by atoms with E-state index in [0.717, 1.165) is 18.4 Å². The van der Waals surface area contributed by atoms with Crippen molar-refractivity contribution in [2.75, 3.05) is 0 Å². The molecule has 1 saturated carbocycles. The molecule has 2 rings (SSSR count). The summed E-state index contributed by atoms with van der Waals surface area (Å²) in [6, 6.07) is 6.31. The van der Waals surface area contributed by atoms with Crippen molar-refractivity contribution in [1.82, 2.24) is 0 Å². The fourth-order valence-electron chi connectivity index (χ4n) is 2.14. The highest BCUT2D eigenvalue weighted by atomic mass is 19.1. The van der Waals surface area contributed by atoms with Crippen LogP contribution >= 0.6 is 0 Å². The standard InChI is InChI=1S/C12H14F2/c1-11(2,14)12(6-7-12)9-4-3-5-10(13)8-9/h3-5,8H,6-7H2,1-2H3. The highest BCUT2D eigenvalue weighted by molar-refractivity contribution is 5.35. The lowest BCUT2D eigenvalue weighted by Crippen LogP contribution is -2.31. The summed E-state index contributed by atoms with van der Waals surface area (Å²) in [5, 5.41) is 0. The largest absolute Gasteiger partial charge is 0.244 e. The number of hydrogen-bond acceptors (Lipinski definition) is 0. The zero-order valence-corrected chi connectivity index (χ0v) is 8.48. The van der Waals surface area contributed by atoms with Crippen molar-refractivity contribution in [3.8, 4) is 0 Å².